The normalized spacial score (nSPS) is 15.0. The summed E-state index contributed by atoms with van der Waals surface area (Å²) < 4.78 is 10.4. The second-order valence-corrected chi connectivity index (χ2v) is 6.02. The van der Waals surface area contributed by atoms with Crippen LogP contribution in [0, 0.1) is 5.92 Å². The fourth-order valence-corrected chi connectivity index (χ4v) is 2.70. The third kappa shape index (κ3) is 7.00. The van der Waals surface area contributed by atoms with Crippen LogP contribution in [0.3, 0.4) is 0 Å². The lowest BCUT2D eigenvalue weighted by molar-refractivity contribution is -0.139. The molecule has 1 aromatic rings. The first-order valence-electron chi connectivity index (χ1n) is 8.41. The summed E-state index contributed by atoms with van der Waals surface area (Å²) in [5.74, 6) is 0.245. The second kappa shape index (κ2) is 9.93. The Morgan fingerprint density at radius 3 is 2.58 bits per heavy atom. The maximum atomic E-state index is 11.9. The first kappa shape index (κ1) is 18.3. The Morgan fingerprint density at radius 2 is 1.92 bits per heavy atom. The summed E-state index contributed by atoms with van der Waals surface area (Å²) in [6, 6.07) is 7.24. The minimum Gasteiger partial charge on any atom is -0.482 e. The second-order valence-electron chi connectivity index (χ2n) is 6.02. The Hall–Kier alpha value is -2.08. The lowest BCUT2D eigenvalue weighted by Gasteiger charge is -2.21. The van der Waals surface area contributed by atoms with Gasteiger partial charge in [0.25, 0.3) is 0 Å². The van der Waals surface area contributed by atoms with Crippen LogP contribution in [0.25, 0.3) is 0 Å². The summed E-state index contributed by atoms with van der Waals surface area (Å²) in [5, 5.41) is 11.5. The molecule has 0 saturated carbocycles. The molecular formula is C18H25NO5. The molecule has 1 aliphatic heterocycles. The van der Waals surface area contributed by atoms with E-state index in [9.17, 15) is 9.59 Å². The van der Waals surface area contributed by atoms with Crippen molar-refractivity contribution < 1.29 is 24.2 Å². The van der Waals surface area contributed by atoms with Crippen molar-refractivity contribution in [3.8, 4) is 5.75 Å². The van der Waals surface area contributed by atoms with E-state index >= 15 is 0 Å². The molecule has 1 fully saturated rings. The van der Waals surface area contributed by atoms with Gasteiger partial charge in [-0.3, -0.25) is 4.79 Å². The predicted octanol–water partition coefficient (Wildman–Crippen LogP) is 2.02. The Morgan fingerprint density at radius 1 is 1.21 bits per heavy atom. The van der Waals surface area contributed by atoms with Gasteiger partial charge in [0.2, 0.25) is 5.91 Å². The first-order valence-corrected chi connectivity index (χ1v) is 8.41. The Kier molecular flexibility index (Phi) is 7.55. The number of carboxylic acid groups (broad SMARTS) is 1. The predicted molar refractivity (Wildman–Crippen MR) is 89.1 cm³/mol. The molecule has 132 valence electrons. The van der Waals surface area contributed by atoms with Crippen LogP contribution in [-0.2, 0) is 20.7 Å². The minimum absolute atomic E-state index is 0.0999. The summed E-state index contributed by atoms with van der Waals surface area (Å²) in [7, 11) is 0. The van der Waals surface area contributed by atoms with Crippen molar-refractivity contribution in [3.05, 3.63) is 29.8 Å². The summed E-state index contributed by atoms with van der Waals surface area (Å²) in [6.45, 7) is 1.89. The van der Waals surface area contributed by atoms with Crippen LogP contribution < -0.4 is 10.1 Å². The van der Waals surface area contributed by atoms with Crippen molar-refractivity contribution in [1.82, 2.24) is 5.32 Å². The maximum Gasteiger partial charge on any atom is 0.341 e. The largest absolute Gasteiger partial charge is 0.482 e. The molecule has 0 unspecified atom stereocenters. The van der Waals surface area contributed by atoms with Gasteiger partial charge in [-0.15, -0.1) is 0 Å². The van der Waals surface area contributed by atoms with Crippen molar-refractivity contribution in [3.63, 3.8) is 0 Å². The van der Waals surface area contributed by atoms with Gasteiger partial charge in [-0.25, -0.2) is 4.79 Å². The number of aliphatic carboxylic acids is 1. The summed E-state index contributed by atoms with van der Waals surface area (Å²) in [4.78, 5) is 22.3. The first-order chi connectivity index (χ1) is 11.6. The SMILES string of the molecule is O=C(O)COc1ccc(CCNC(=O)CCC2CCOCC2)cc1. The molecule has 2 N–H and O–H groups in total. The molecule has 2 rings (SSSR count). The standard InChI is InChI=1S/C18H25NO5/c20-17(6-3-15-8-11-23-12-9-15)19-10-7-14-1-4-16(5-2-14)24-13-18(21)22/h1-2,4-5,15H,3,6-13H2,(H,19,20)(H,21,22). The average molecular weight is 335 g/mol. The number of carboxylic acids is 1. The van der Waals surface area contributed by atoms with E-state index in [-0.39, 0.29) is 12.5 Å². The van der Waals surface area contributed by atoms with Crippen molar-refractivity contribution in [2.75, 3.05) is 26.4 Å². The molecule has 1 amide bonds. The number of hydrogen-bond acceptors (Lipinski definition) is 4. The van der Waals surface area contributed by atoms with Gasteiger partial charge in [-0.05, 0) is 49.3 Å². The summed E-state index contributed by atoms with van der Waals surface area (Å²) in [6.07, 6.45) is 4.37. The molecule has 1 heterocycles. The molecule has 1 aliphatic rings. The quantitative estimate of drug-likeness (QED) is 0.721. The Labute approximate surface area is 142 Å². The van der Waals surface area contributed by atoms with Crippen molar-refractivity contribution in [1.29, 1.82) is 0 Å². The van der Waals surface area contributed by atoms with Gasteiger partial charge in [-0.2, -0.15) is 0 Å². The lowest BCUT2D eigenvalue weighted by atomic mass is 9.95. The van der Waals surface area contributed by atoms with E-state index < -0.39 is 5.97 Å². The third-order valence-corrected chi connectivity index (χ3v) is 4.14. The van der Waals surface area contributed by atoms with Gasteiger partial charge in [0.1, 0.15) is 5.75 Å². The monoisotopic (exact) mass is 335 g/mol. The molecule has 1 aromatic carbocycles. The smallest absolute Gasteiger partial charge is 0.341 e. The number of benzene rings is 1. The molecule has 0 spiro atoms. The molecule has 0 radical (unpaired) electrons. The van der Waals surface area contributed by atoms with Gasteiger partial charge < -0.3 is 19.9 Å². The molecule has 0 bridgehead atoms. The fourth-order valence-electron chi connectivity index (χ4n) is 2.70. The zero-order valence-corrected chi connectivity index (χ0v) is 13.8. The fraction of sp³-hybridized carbons (Fsp3) is 0.556. The van der Waals surface area contributed by atoms with Crippen LogP contribution in [-0.4, -0.2) is 43.3 Å². The average Bonchev–Trinajstić information content (AvgIpc) is 2.60. The third-order valence-electron chi connectivity index (χ3n) is 4.14. The zero-order valence-electron chi connectivity index (χ0n) is 13.8. The molecule has 6 heteroatoms. The summed E-state index contributed by atoms with van der Waals surface area (Å²) in [5.41, 5.74) is 1.07. The van der Waals surface area contributed by atoms with E-state index in [0.29, 0.717) is 24.6 Å². The number of nitrogens with one attached hydrogen (secondary N) is 1. The molecule has 1 saturated heterocycles. The van der Waals surface area contributed by atoms with Crippen LogP contribution in [0.4, 0.5) is 0 Å². The number of carbonyl (C=O) groups excluding carboxylic acids is 1. The van der Waals surface area contributed by atoms with Gasteiger partial charge in [-0.1, -0.05) is 12.1 Å². The number of carbonyl (C=O) groups is 2. The topological polar surface area (TPSA) is 84.9 Å². The molecular weight excluding hydrogens is 310 g/mol. The highest BCUT2D eigenvalue weighted by atomic mass is 16.5. The van der Waals surface area contributed by atoms with E-state index in [1.165, 1.54) is 0 Å². The van der Waals surface area contributed by atoms with Crippen LogP contribution in [0.15, 0.2) is 24.3 Å². The van der Waals surface area contributed by atoms with E-state index in [2.05, 4.69) is 5.32 Å². The van der Waals surface area contributed by atoms with Crippen LogP contribution in [0.2, 0.25) is 0 Å². The summed E-state index contributed by atoms with van der Waals surface area (Å²) >= 11 is 0. The molecule has 0 aliphatic carbocycles. The van der Waals surface area contributed by atoms with Gasteiger partial charge in [0.05, 0.1) is 0 Å². The Bertz CT molecular complexity index is 523. The molecule has 24 heavy (non-hydrogen) atoms. The van der Waals surface area contributed by atoms with Crippen LogP contribution in [0.5, 0.6) is 5.75 Å². The number of amides is 1. The highest BCUT2D eigenvalue weighted by Crippen LogP contribution is 2.19. The van der Waals surface area contributed by atoms with E-state index in [1.54, 1.807) is 12.1 Å². The highest BCUT2D eigenvalue weighted by Gasteiger charge is 2.14. The lowest BCUT2D eigenvalue weighted by Crippen LogP contribution is -2.26. The Balaban J connectivity index is 1.60. The van der Waals surface area contributed by atoms with Crippen LogP contribution >= 0.6 is 0 Å². The van der Waals surface area contributed by atoms with Gasteiger partial charge in [0, 0.05) is 26.2 Å². The highest BCUT2D eigenvalue weighted by molar-refractivity contribution is 5.75. The maximum absolute atomic E-state index is 11.9. The van der Waals surface area contributed by atoms with Gasteiger partial charge in [0.15, 0.2) is 6.61 Å². The molecule has 0 aromatic heterocycles. The number of hydrogen-bond donors (Lipinski definition) is 2. The van der Waals surface area contributed by atoms with Gasteiger partial charge >= 0.3 is 5.97 Å². The van der Waals surface area contributed by atoms with Crippen molar-refractivity contribution >= 4 is 11.9 Å². The van der Waals surface area contributed by atoms with E-state index in [4.69, 9.17) is 14.6 Å². The zero-order chi connectivity index (χ0) is 17.2. The number of ether oxygens (including phenoxy) is 2. The van der Waals surface area contributed by atoms with E-state index in [1.807, 2.05) is 12.1 Å². The van der Waals surface area contributed by atoms with Crippen LogP contribution in [0.1, 0.15) is 31.2 Å². The van der Waals surface area contributed by atoms with Crippen molar-refractivity contribution in [2.24, 2.45) is 5.92 Å². The van der Waals surface area contributed by atoms with Crippen molar-refractivity contribution in [2.45, 2.75) is 32.1 Å². The van der Waals surface area contributed by atoms with E-state index in [0.717, 1.165) is 44.5 Å². The number of rotatable bonds is 9. The minimum atomic E-state index is -0.998. The molecule has 0 atom stereocenters. The molecule has 6 nitrogen and oxygen atoms in total.